The standard InChI is InChI=1S/C16H21NO2/c1-2-3-4-5-6-10-13-17-16(18)19-14-15-11-8-7-9-12-15/h1,7-9,11-12H,3-6,10,13-14H2,(H,17,18). The second kappa shape index (κ2) is 10.0. The molecule has 0 saturated heterocycles. The number of hydrogen-bond acceptors (Lipinski definition) is 2. The van der Waals surface area contributed by atoms with Crippen LogP contribution in [0.1, 0.15) is 37.7 Å². The highest BCUT2D eigenvalue weighted by Gasteiger charge is 2.01. The smallest absolute Gasteiger partial charge is 0.407 e. The van der Waals surface area contributed by atoms with Crippen LogP contribution in [0, 0.1) is 12.3 Å². The number of hydrogen-bond donors (Lipinski definition) is 1. The molecule has 1 N–H and O–H groups in total. The SMILES string of the molecule is C#CCCCCCCNC(=O)OCc1ccccc1. The van der Waals surface area contributed by atoms with Crippen molar-refractivity contribution in [3.8, 4) is 12.3 Å². The van der Waals surface area contributed by atoms with Crippen LogP contribution in [0.5, 0.6) is 0 Å². The quantitative estimate of drug-likeness (QED) is 0.573. The van der Waals surface area contributed by atoms with Gasteiger partial charge in [-0.1, -0.05) is 43.2 Å². The van der Waals surface area contributed by atoms with Gasteiger partial charge in [0.25, 0.3) is 0 Å². The lowest BCUT2D eigenvalue weighted by molar-refractivity contribution is 0.139. The highest BCUT2D eigenvalue weighted by molar-refractivity contribution is 5.67. The van der Waals surface area contributed by atoms with Crippen LogP contribution in [-0.4, -0.2) is 12.6 Å². The molecule has 0 aliphatic rings. The second-order valence-corrected chi connectivity index (χ2v) is 4.36. The van der Waals surface area contributed by atoms with Gasteiger partial charge in [-0.2, -0.15) is 0 Å². The van der Waals surface area contributed by atoms with Crippen molar-refractivity contribution in [3.05, 3.63) is 35.9 Å². The van der Waals surface area contributed by atoms with E-state index < -0.39 is 0 Å². The Morgan fingerprint density at radius 3 is 2.63 bits per heavy atom. The predicted molar refractivity (Wildman–Crippen MR) is 76.5 cm³/mol. The van der Waals surface area contributed by atoms with Gasteiger partial charge in [0, 0.05) is 13.0 Å². The van der Waals surface area contributed by atoms with Gasteiger partial charge in [0.2, 0.25) is 0 Å². The van der Waals surface area contributed by atoms with Gasteiger partial charge in [-0.25, -0.2) is 4.79 Å². The summed E-state index contributed by atoms with van der Waals surface area (Å²) in [5.41, 5.74) is 0.993. The molecule has 0 saturated carbocycles. The van der Waals surface area contributed by atoms with Crippen LogP contribution in [-0.2, 0) is 11.3 Å². The molecule has 3 nitrogen and oxygen atoms in total. The van der Waals surface area contributed by atoms with Crippen molar-refractivity contribution in [1.82, 2.24) is 5.32 Å². The van der Waals surface area contributed by atoms with E-state index in [0.29, 0.717) is 13.2 Å². The summed E-state index contributed by atoms with van der Waals surface area (Å²) in [5, 5.41) is 2.74. The summed E-state index contributed by atoms with van der Waals surface area (Å²) in [6.45, 7) is 0.971. The molecule has 1 amide bonds. The van der Waals surface area contributed by atoms with Crippen LogP contribution in [0.4, 0.5) is 4.79 Å². The molecule has 0 heterocycles. The molecule has 102 valence electrons. The van der Waals surface area contributed by atoms with Crippen LogP contribution in [0.2, 0.25) is 0 Å². The van der Waals surface area contributed by atoms with E-state index in [9.17, 15) is 4.79 Å². The molecule has 0 unspecified atom stereocenters. The Balaban J connectivity index is 1.98. The van der Waals surface area contributed by atoms with Gasteiger partial charge < -0.3 is 10.1 Å². The number of nitrogens with one attached hydrogen (secondary N) is 1. The Hall–Kier alpha value is -1.95. The third-order valence-electron chi connectivity index (χ3n) is 2.73. The molecule has 1 rings (SSSR count). The molecule has 0 fully saturated rings. The summed E-state index contributed by atoms with van der Waals surface area (Å²) < 4.78 is 5.10. The molecular weight excluding hydrogens is 238 g/mol. The minimum atomic E-state index is -0.354. The average Bonchev–Trinajstić information content (AvgIpc) is 2.45. The second-order valence-electron chi connectivity index (χ2n) is 4.36. The summed E-state index contributed by atoms with van der Waals surface area (Å²) in [5.74, 6) is 2.62. The van der Waals surface area contributed by atoms with Gasteiger partial charge in [-0.3, -0.25) is 0 Å². The van der Waals surface area contributed by atoms with Crippen molar-refractivity contribution < 1.29 is 9.53 Å². The fraction of sp³-hybridized carbons (Fsp3) is 0.438. The number of benzene rings is 1. The number of carbonyl (C=O) groups is 1. The lowest BCUT2D eigenvalue weighted by Crippen LogP contribution is -2.25. The normalized spacial score (nSPS) is 9.63. The van der Waals surface area contributed by atoms with Gasteiger partial charge in [0.05, 0.1) is 0 Å². The number of unbranched alkanes of at least 4 members (excludes halogenated alkanes) is 4. The zero-order valence-corrected chi connectivity index (χ0v) is 11.2. The Kier molecular flexibility index (Phi) is 7.97. The van der Waals surface area contributed by atoms with Gasteiger partial charge in [0.15, 0.2) is 0 Å². The average molecular weight is 259 g/mol. The predicted octanol–water partition coefficient (Wildman–Crippen LogP) is 3.50. The zero-order valence-electron chi connectivity index (χ0n) is 11.2. The van der Waals surface area contributed by atoms with E-state index in [4.69, 9.17) is 11.2 Å². The molecule has 0 atom stereocenters. The van der Waals surface area contributed by atoms with Crippen LogP contribution in [0.25, 0.3) is 0 Å². The monoisotopic (exact) mass is 259 g/mol. The maximum Gasteiger partial charge on any atom is 0.407 e. The maximum absolute atomic E-state index is 11.4. The Morgan fingerprint density at radius 2 is 1.89 bits per heavy atom. The Morgan fingerprint density at radius 1 is 1.16 bits per heavy atom. The van der Waals surface area contributed by atoms with E-state index in [2.05, 4.69) is 11.2 Å². The molecule has 0 spiro atoms. The Labute approximate surface area is 115 Å². The van der Waals surface area contributed by atoms with E-state index in [0.717, 1.165) is 37.7 Å². The number of carbonyl (C=O) groups excluding carboxylic acids is 1. The lowest BCUT2D eigenvalue weighted by Gasteiger charge is -2.06. The fourth-order valence-corrected chi connectivity index (χ4v) is 1.67. The number of terminal acetylenes is 1. The summed E-state index contributed by atoms with van der Waals surface area (Å²) in [6, 6.07) is 9.64. The summed E-state index contributed by atoms with van der Waals surface area (Å²) in [6.07, 6.45) is 9.88. The van der Waals surface area contributed by atoms with Crippen LogP contribution in [0.15, 0.2) is 30.3 Å². The third-order valence-corrected chi connectivity index (χ3v) is 2.73. The van der Waals surface area contributed by atoms with Crippen LogP contribution < -0.4 is 5.32 Å². The highest BCUT2D eigenvalue weighted by Crippen LogP contribution is 2.02. The van der Waals surface area contributed by atoms with E-state index in [1.54, 1.807) is 0 Å². The first-order valence-corrected chi connectivity index (χ1v) is 6.71. The van der Waals surface area contributed by atoms with Crippen LogP contribution >= 0.6 is 0 Å². The number of alkyl carbamates (subject to hydrolysis) is 1. The van der Waals surface area contributed by atoms with Crippen molar-refractivity contribution in [2.45, 2.75) is 38.7 Å². The summed E-state index contributed by atoms with van der Waals surface area (Å²) in [7, 11) is 0. The largest absolute Gasteiger partial charge is 0.445 e. The first-order valence-electron chi connectivity index (χ1n) is 6.71. The van der Waals surface area contributed by atoms with Crippen LogP contribution in [0.3, 0.4) is 0 Å². The molecule has 0 aliphatic carbocycles. The first kappa shape index (κ1) is 15.1. The topological polar surface area (TPSA) is 38.3 Å². The summed E-state index contributed by atoms with van der Waals surface area (Å²) in [4.78, 5) is 11.4. The lowest BCUT2D eigenvalue weighted by atomic mass is 10.1. The van der Waals surface area contributed by atoms with Gasteiger partial charge in [-0.05, 0) is 18.4 Å². The summed E-state index contributed by atoms with van der Waals surface area (Å²) >= 11 is 0. The molecule has 19 heavy (non-hydrogen) atoms. The number of ether oxygens (including phenoxy) is 1. The first-order chi connectivity index (χ1) is 9.33. The molecule has 3 heteroatoms. The van der Waals surface area contributed by atoms with Crippen molar-refractivity contribution in [1.29, 1.82) is 0 Å². The van der Waals surface area contributed by atoms with Crippen molar-refractivity contribution >= 4 is 6.09 Å². The third kappa shape index (κ3) is 7.88. The number of rotatable bonds is 8. The molecule has 0 aliphatic heterocycles. The van der Waals surface area contributed by atoms with Crippen molar-refractivity contribution in [3.63, 3.8) is 0 Å². The van der Waals surface area contributed by atoms with Crippen molar-refractivity contribution in [2.75, 3.05) is 6.54 Å². The molecule has 1 aromatic carbocycles. The molecule has 0 radical (unpaired) electrons. The maximum atomic E-state index is 11.4. The molecular formula is C16H21NO2. The molecule has 1 aromatic rings. The zero-order chi connectivity index (χ0) is 13.8. The van der Waals surface area contributed by atoms with E-state index in [1.807, 2.05) is 30.3 Å². The van der Waals surface area contributed by atoms with Gasteiger partial charge >= 0.3 is 6.09 Å². The minimum Gasteiger partial charge on any atom is -0.445 e. The molecule has 0 bridgehead atoms. The van der Waals surface area contributed by atoms with Gasteiger partial charge in [-0.15, -0.1) is 12.3 Å². The minimum absolute atomic E-state index is 0.314. The fourth-order valence-electron chi connectivity index (χ4n) is 1.67. The van der Waals surface area contributed by atoms with Crippen molar-refractivity contribution in [2.24, 2.45) is 0 Å². The Bertz CT molecular complexity index is 395. The van der Waals surface area contributed by atoms with Gasteiger partial charge in [0.1, 0.15) is 6.61 Å². The van der Waals surface area contributed by atoms with E-state index in [-0.39, 0.29) is 6.09 Å². The highest BCUT2D eigenvalue weighted by atomic mass is 16.5. The van der Waals surface area contributed by atoms with E-state index >= 15 is 0 Å². The van der Waals surface area contributed by atoms with E-state index in [1.165, 1.54) is 0 Å². The number of amides is 1. The molecule has 0 aromatic heterocycles.